The van der Waals surface area contributed by atoms with Crippen LogP contribution in [0.4, 0.5) is 4.39 Å². The molecule has 1 atom stereocenters. The third-order valence-electron chi connectivity index (χ3n) is 2.66. The van der Waals surface area contributed by atoms with Gasteiger partial charge < -0.3 is 5.32 Å². The second-order valence-corrected chi connectivity index (χ2v) is 5.23. The van der Waals surface area contributed by atoms with E-state index in [2.05, 4.69) is 5.32 Å². The highest BCUT2D eigenvalue weighted by Gasteiger charge is 2.19. The summed E-state index contributed by atoms with van der Waals surface area (Å²) in [5, 5.41) is 5.70. The van der Waals surface area contributed by atoms with Gasteiger partial charge >= 0.3 is 0 Å². The summed E-state index contributed by atoms with van der Waals surface area (Å²) in [6.07, 6.45) is 0. The first-order chi connectivity index (χ1) is 8.13. The van der Waals surface area contributed by atoms with E-state index in [0.29, 0.717) is 10.6 Å². The van der Waals surface area contributed by atoms with Crippen LogP contribution in [0, 0.1) is 12.7 Å². The molecule has 0 saturated carbocycles. The van der Waals surface area contributed by atoms with Crippen LogP contribution in [0.5, 0.6) is 0 Å². The standard InChI is InChI=1S/C13H13ClFNS/c1-8-3-4-11(15)9(7-8)12(16-2)13-10(14)5-6-17-13/h3-7,12,16H,1-2H3. The van der Waals surface area contributed by atoms with Gasteiger partial charge in [-0.25, -0.2) is 4.39 Å². The van der Waals surface area contributed by atoms with Crippen LogP contribution in [0.25, 0.3) is 0 Å². The lowest BCUT2D eigenvalue weighted by Crippen LogP contribution is -2.18. The Morgan fingerprint density at radius 2 is 2.12 bits per heavy atom. The molecule has 2 aromatic rings. The first-order valence-corrected chi connectivity index (χ1v) is 6.55. The lowest BCUT2D eigenvalue weighted by atomic mass is 10.0. The van der Waals surface area contributed by atoms with Gasteiger partial charge in [-0.15, -0.1) is 11.3 Å². The smallest absolute Gasteiger partial charge is 0.128 e. The fraction of sp³-hybridized carbons (Fsp3) is 0.231. The highest BCUT2D eigenvalue weighted by Crippen LogP contribution is 2.33. The lowest BCUT2D eigenvalue weighted by Gasteiger charge is -2.17. The molecule has 0 amide bonds. The second kappa shape index (κ2) is 5.17. The van der Waals surface area contributed by atoms with Crippen LogP contribution in [0.3, 0.4) is 0 Å². The van der Waals surface area contributed by atoms with E-state index < -0.39 is 0 Å². The summed E-state index contributed by atoms with van der Waals surface area (Å²) in [6, 6.07) is 6.76. The zero-order valence-electron chi connectivity index (χ0n) is 9.63. The Morgan fingerprint density at radius 3 is 2.71 bits per heavy atom. The molecular weight excluding hydrogens is 257 g/mol. The predicted octanol–water partition coefficient (Wildman–Crippen LogP) is 4.16. The van der Waals surface area contributed by atoms with Crippen molar-refractivity contribution in [3.8, 4) is 0 Å². The van der Waals surface area contributed by atoms with Crippen molar-refractivity contribution in [1.29, 1.82) is 0 Å². The normalized spacial score (nSPS) is 12.7. The maximum absolute atomic E-state index is 13.9. The van der Waals surface area contributed by atoms with Gasteiger partial charge in [-0.2, -0.15) is 0 Å². The predicted molar refractivity (Wildman–Crippen MR) is 71.4 cm³/mol. The van der Waals surface area contributed by atoms with E-state index in [1.807, 2.05) is 31.5 Å². The lowest BCUT2D eigenvalue weighted by molar-refractivity contribution is 0.578. The second-order valence-electron chi connectivity index (χ2n) is 3.88. The maximum Gasteiger partial charge on any atom is 0.128 e. The first-order valence-electron chi connectivity index (χ1n) is 5.29. The zero-order chi connectivity index (χ0) is 12.4. The third-order valence-corrected chi connectivity index (χ3v) is 4.08. The molecule has 2 rings (SSSR count). The molecule has 1 aromatic heterocycles. The van der Waals surface area contributed by atoms with E-state index in [0.717, 1.165) is 10.4 Å². The van der Waals surface area contributed by atoms with Gasteiger partial charge in [-0.1, -0.05) is 29.3 Å². The van der Waals surface area contributed by atoms with Crippen LogP contribution < -0.4 is 5.32 Å². The Hall–Kier alpha value is -0.900. The summed E-state index contributed by atoms with van der Waals surface area (Å²) >= 11 is 7.63. The number of thiophene rings is 1. The fourth-order valence-electron chi connectivity index (χ4n) is 1.82. The summed E-state index contributed by atoms with van der Waals surface area (Å²) in [5.74, 6) is -0.209. The van der Waals surface area contributed by atoms with Gasteiger partial charge in [0.15, 0.2) is 0 Å². The number of aryl methyl sites for hydroxylation is 1. The average Bonchev–Trinajstić information content (AvgIpc) is 2.71. The van der Waals surface area contributed by atoms with Crippen LogP contribution in [0.2, 0.25) is 5.02 Å². The number of hydrogen-bond donors (Lipinski definition) is 1. The SMILES string of the molecule is CNC(c1cc(C)ccc1F)c1sccc1Cl. The van der Waals surface area contributed by atoms with Gasteiger partial charge in [0.05, 0.1) is 11.1 Å². The van der Waals surface area contributed by atoms with Gasteiger partial charge in [0.2, 0.25) is 0 Å². The van der Waals surface area contributed by atoms with E-state index in [9.17, 15) is 4.39 Å². The molecule has 0 radical (unpaired) electrons. The molecule has 0 spiro atoms. The van der Waals surface area contributed by atoms with E-state index in [1.165, 1.54) is 17.4 Å². The summed E-state index contributed by atoms with van der Waals surface area (Å²) in [6.45, 7) is 1.95. The molecule has 1 nitrogen and oxygen atoms in total. The minimum atomic E-state index is -0.209. The van der Waals surface area contributed by atoms with Crippen LogP contribution in [0.15, 0.2) is 29.6 Å². The van der Waals surface area contributed by atoms with Crippen molar-refractivity contribution in [2.24, 2.45) is 0 Å². The van der Waals surface area contributed by atoms with Crippen LogP contribution >= 0.6 is 22.9 Å². The Morgan fingerprint density at radius 1 is 1.35 bits per heavy atom. The van der Waals surface area contributed by atoms with Crippen molar-refractivity contribution in [1.82, 2.24) is 5.32 Å². The number of rotatable bonds is 3. The minimum Gasteiger partial charge on any atom is -0.309 e. The van der Waals surface area contributed by atoms with Crippen molar-refractivity contribution in [2.75, 3.05) is 7.05 Å². The topological polar surface area (TPSA) is 12.0 Å². The zero-order valence-corrected chi connectivity index (χ0v) is 11.2. The number of hydrogen-bond acceptors (Lipinski definition) is 2. The largest absolute Gasteiger partial charge is 0.309 e. The molecule has 0 fully saturated rings. The molecule has 0 bridgehead atoms. The Kier molecular flexibility index (Phi) is 3.82. The van der Waals surface area contributed by atoms with Gasteiger partial charge in [0.1, 0.15) is 5.82 Å². The molecule has 17 heavy (non-hydrogen) atoms. The average molecular weight is 270 g/mol. The van der Waals surface area contributed by atoms with Crippen molar-refractivity contribution < 1.29 is 4.39 Å². The van der Waals surface area contributed by atoms with Crippen LogP contribution in [-0.4, -0.2) is 7.05 Å². The summed E-state index contributed by atoms with van der Waals surface area (Å²) < 4.78 is 13.9. The van der Waals surface area contributed by atoms with Crippen molar-refractivity contribution in [2.45, 2.75) is 13.0 Å². The Balaban J connectivity index is 2.49. The van der Waals surface area contributed by atoms with Crippen molar-refractivity contribution in [3.63, 3.8) is 0 Å². The van der Waals surface area contributed by atoms with E-state index in [-0.39, 0.29) is 11.9 Å². The Bertz CT molecular complexity index is 524. The molecule has 0 aliphatic carbocycles. The number of halogens is 2. The Labute approximate surface area is 109 Å². The highest BCUT2D eigenvalue weighted by molar-refractivity contribution is 7.10. The van der Waals surface area contributed by atoms with Crippen LogP contribution in [0.1, 0.15) is 22.0 Å². The van der Waals surface area contributed by atoms with Gasteiger partial charge in [0, 0.05) is 10.4 Å². The van der Waals surface area contributed by atoms with Crippen molar-refractivity contribution in [3.05, 3.63) is 56.5 Å². The van der Waals surface area contributed by atoms with Gasteiger partial charge in [-0.05, 0) is 31.5 Å². The molecule has 1 heterocycles. The highest BCUT2D eigenvalue weighted by atomic mass is 35.5. The molecule has 0 aliphatic heterocycles. The fourth-order valence-corrected chi connectivity index (χ4v) is 3.12. The molecule has 4 heteroatoms. The van der Waals surface area contributed by atoms with Crippen molar-refractivity contribution >= 4 is 22.9 Å². The summed E-state index contributed by atoms with van der Waals surface area (Å²) in [5.41, 5.74) is 1.67. The molecule has 0 saturated heterocycles. The third kappa shape index (κ3) is 2.51. The monoisotopic (exact) mass is 269 g/mol. The summed E-state index contributed by atoms with van der Waals surface area (Å²) in [4.78, 5) is 0.943. The van der Waals surface area contributed by atoms with E-state index in [1.54, 1.807) is 6.07 Å². The molecule has 1 unspecified atom stereocenters. The quantitative estimate of drug-likeness (QED) is 0.882. The molecule has 1 aromatic carbocycles. The molecule has 0 aliphatic rings. The minimum absolute atomic E-state index is 0.192. The molecule has 1 N–H and O–H groups in total. The van der Waals surface area contributed by atoms with Gasteiger partial charge in [0.25, 0.3) is 0 Å². The van der Waals surface area contributed by atoms with E-state index >= 15 is 0 Å². The van der Waals surface area contributed by atoms with Crippen LogP contribution in [-0.2, 0) is 0 Å². The number of benzene rings is 1. The molecule has 90 valence electrons. The maximum atomic E-state index is 13.9. The van der Waals surface area contributed by atoms with Gasteiger partial charge in [-0.3, -0.25) is 0 Å². The number of nitrogens with one attached hydrogen (secondary N) is 1. The molecular formula is C13H13ClFNS. The first kappa shape index (κ1) is 12.6. The van der Waals surface area contributed by atoms with E-state index in [4.69, 9.17) is 11.6 Å². The summed E-state index contributed by atoms with van der Waals surface area (Å²) in [7, 11) is 1.81.